The van der Waals surface area contributed by atoms with Gasteiger partial charge >= 0.3 is 0 Å². The number of nitrogens with one attached hydrogen (secondary N) is 3. The first-order valence-corrected chi connectivity index (χ1v) is 11.9. The highest BCUT2D eigenvalue weighted by molar-refractivity contribution is 7.89. The fourth-order valence-corrected chi connectivity index (χ4v) is 5.02. The van der Waals surface area contributed by atoms with E-state index in [1.165, 1.54) is 18.2 Å². The third kappa shape index (κ3) is 4.88. The molecule has 0 bridgehead atoms. The van der Waals surface area contributed by atoms with Gasteiger partial charge in [-0.25, -0.2) is 13.1 Å². The summed E-state index contributed by atoms with van der Waals surface area (Å²) in [5.41, 5.74) is 0.949. The van der Waals surface area contributed by atoms with Gasteiger partial charge in [0.15, 0.2) is 6.10 Å². The summed E-state index contributed by atoms with van der Waals surface area (Å²) < 4.78 is 38.9. The predicted octanol–water partition coefficient (Wildman–Crippen LogP) is 2.77. The van der Waals surface area contributed by atoms with Crippen molar-refractivity contribution in [2.75, 3.05) is 23.8 Å². The summed E-state index contributed by atoms with van der Waals surface area (Å²) in [6.45, 7) is 2.38. The third-order valence-electron chi connectivity index (χ3n) is 5.18. The van der Waals surface area contributed by atoms with Gasteiger partial charge in [0, 0.05) is 24.4 Å². The molecular formula is C21H22ClN3O6S. The van der Waals surface area contributed by atoms with E-state index in [4.69, 9.17) is 21.1 Å². The Bertz CT molecular complexity index is 1160. The van der Waals surface area contributed by atoms with Gasteiger partial charge in [0.25, 0.3) is 11.8 Å². The number of sulfonamides is 1. The second-order valence-corrected chi connectivity index (χ2v) is 9.69. The molecule has 11 heteroatoms. The third-order valence-corrected chi connectivity index (χ3v) is 7.08. The number of halogens is 1. The van der Waals surface area contributed by atoms with Crippen LogP contribution < -0.4 is 20.1 Å². The minimum Gasteiger partial charge on any atom is -0.479 e. The Morgan fingerprint density at radius 2 is 2.06 bits per heavy atom. The standard InChI is InChI=1S/C21H22ClN3O6S/c1-12-20(26)25-17-10-14(5-7-18(17)31-12)24-21(27)13-4-6-16(22)19(9-13)32(28,29)23-11-15-3-2-8-30-15/h4-7,9-10,12,15,23H,2-3,8,11H2,1H3,(H,24,27)(H,25,26)/t12-,15-/m0/s1. The molecule has 4 rings (SSSR count). The van der Waals surface area contributed by atoms with E-state index in [1.807, 2.05) is 0 Å². The van der Waals surface area contributed by atoms with Crippen LogP contribution in [-0.2, 0) is 19.6 Å². The monoisotopic (exact) mass is 479 g/mol. The zero-order valence-corrected chi connectivity index (χ0v) is 18.8. The van der Waals surface area contributed by atoms with Crippen molar-refractivity contribution in [3.05, 3.63) is 47.0 Å². The van der Waals surface area contributed by atoms with E-state index in [-0.39, 0.29) is 34.0 Å². The lowest BCUT2D eigenvalue weighted by Gasteiger charge is -2.23. The van der Waals surface area contributed by atoms with Crippen LogP contribution in [0.15, 0.2) is 41.3 Å². The SMILES string of the molecule is C[C@@H]1Oc2ccc(NC(=O)c3ccc(Cl)c(S(=O)(=O)NC[C@@H]4CCCO4)c3)cc2NC1=O. The molecule has 2 aliphatic rings. The van der Waals surface area contributed by atoms with Crippen molar-refractivity contribution < 1.29 is 27.5 Å². The largest absolute Gasteiger partial charge is 0.479 e. The molecule has 0 aliphatic carbocycles. The fraction of sp³-hybridized carbons (Fsp3) is 0.333. The van der Waals surface area contributed by atoms with Gasteiger partial charge in [0.1, 0.15) is 10.6 Å². The van der Waals surface area contributed by atoms with Gasteiger partial charge in [-0.3, -0.25) is 9.59 Å². The summed E-state index contributed by atoms with van der Waals surface area (Å²) in [5, 5.41) is 5.40. The van der Waals surface area contributed by atoms with E-state index in [1.54, 1.807) is 25.1 Å². The zero-order chi connectivity index (χ0) is 22.9. The number of carbonyl (C=O) groups excluding carboxylic acids is 2. The van der Waals surface area contributed by atoms with Crippen LogP contribution in [0.2, 0.25) is 5.02 Å². The van der Waals surface area contributed by atoms with Crippen molar-refractivity contribution >= 4 is 44.8 Å². The van der Waals surface area contributed by atoms with Gasteiger partial charge in [-0.15, -0.1) is 0 Å². The van der Waals surface area contributed by atoms with Gasteiger partial charge in [0.2, 0.25) is 10.0 Å². The summed E-state index contributed by atoms with van der Waals surface area (Å²) in [5.74, 6) is -0.329. The van der Waals surface area contributed by atoms with E-state index in [9.17, 15) is 18.0 Å². The lowest BCUT2D eigenvalue weighted by molar-refractivity contribution is -0.122. The highest BCUT2D eigenvalue weighted by Gasteiger charge is 2.25. The number of hydrogen-bond donors (Lipinski definition) is 3. The van der Waals surface area contributed by atoms with Crippen LogP contribution in [0.4, 0.5) is 11.4 Å². The highest BCUT2D eigenvalue weighted by Crippen LogP contribution is 2.32. The summed E-state index contributed by atoms with van der Waals surface area (Å²) in [7, 11) is -3.94. The Morgan fingerprint density at radius 3 is 2.81 bits per heavy atom. The molecule has 0 radical (unpaired) electrons. The minimum absolute atomic E-state index is 0.00384. The molecule has 2 atom stereocenters. The average Bonchev–Trinajstić information content (AvgIpc) is 3.27. The van der Waals surface area contributed by atoms with Gasteiger partial charge in [-0.2, -0.15) is 0 Å². The molecule has 170 valence electrons. The molecular weight excluding hydrogens is 458 g/mol. The first-order chi connectivity index (χ1) is 15.2. The number of hydrogen-bond acceptors (Lipinski definition) is 6. The Kier molecular flexibility index (Phi) is 6.38. The molecule has 2 heterocycles. The Balaban J connectivity index is 1.50. The number of fused-ring (bicyclic) bond motifs is 1. The van der Waals surface area contributed by atoms with E-state index in [0.717, 1.165) is 12.8 Å². The summed E-state index contributed by atoms with van der Waals surface area (Å²) in [4.78, 5) is 24.4. The van der Waals surface area contributed by atoms with Gasteiger partial charge in [0.05, 0.1) is 16.8 Å². The minimum atomic E-state index is -3.94. The van der Waals surface area contributed by atoms with Crippen LogP contribution in [0.5, 0.6) is 5.75 Å². The zero-order valence-electron chi connectivity index (χ0n) is 17.2. The van der Waals surface area contributed by atoms with E-state index in [2.05, 4.69) is 15.4 Å². The molecule has 9 nitrogen and oxygen atoms in total. The number of amides is 2. The number of ether oxygens (including phenoxy) is 2. The molecule has 2 amide bonds. The molecule has 32 heavy (non-hydrogen) atoms. The van der Waals surface area contributed by atoms with E-state index >= 15 is 0 Å². The van der Waals surface area contributed by atoms with Gasteiger partial charge in [-0.1, -0.05) is 11.6 Å². The normalized spacial score (nSPS) is 20.2. The van der Waals surface area contributed by atoms with E-state index in [0.29, 0.717) is 23.7 Å². The number of rotatable bonds is 6. The van der Waals surface area contributed by atoms with Crippen LogP contribution in [0.25, 0.3) is 0 Å². The van der Waals surface area contributed by atoms with E-state index < -0.39 is 22.0 Å². The Hall–Kier alpha value is -2.66. The van der Waals surface area contributed by atoms with Crippen LogP contribution in [0.3, 0.4) is 0 Å². The first kappa shape index (κ1) is 22.5. The maximum absolute atomic E-state index is 12.7. The molecule has 0 aromatic heterocycles. The Labute approximate surface area is 190 Å². The second kappa shape index (κ2) is 9.07. The molecule has 2 aromatic rings. The van der Waals surface area contributed by atoms with Crippen LogP contribution in [0, 0.1) is 0 Å². The van der Waals surface area contributed by atoms with Crippen LogP contribution in [0.1, 0.15) is 30.1 Å². The fourth-order valence-electron chi connectivity index (χ4n) is 3.43. The molecule has 1 saturated heterocycles. The number of anilines is 2. The molecule has 2 aromatic carbocycles. The Morgan fingerprint density at radius 1 is 1.25 bits per heavy atom. The highest BCUT2D eigenvalue weighted by atomic mass is 35.5. The molecule has 2 aliphatic heterocycles. The summed E-state index contributed by atoms with van der Waals surface area (Å²) in [6.07, 6.45) is 0.891. The number of benzene rings is 2. The van der Waals surface area contributed by atoms with Crippen molar-refractivity contribution in [3.8, 4) is 5.75 Å². The summed E-state index contributed by atoms with van der Waals surface area (Å²) >= 11 is 6.11. The lowest BCUT2D eigenvalue weighted by atomic mass is 10.2. The molecule has 0 unspecified atom stereocenters. The molecule has 3 N–H and O–H groups in total. The maximum atomic E-state index is 12.7. The van der Waals surface area contributed by atoms with Gasteiger partial charge < -0.3 is 20.1 Å². The average molecular weight is 480 g/mol. The quantitative estimate of drug-likeness (QED) is 0.585. The summed E-state index contributed by atoms with van der Waals surface area (Å²) in [6, 6.07) is 8.83. The van der Waals surface area contributed by atoms with Crippen molar-refractivity contribution in [1.29, 1.82) is 0 Å². The lowest BCUT2D eigenvalue weighted by Crippen LogP contribution is -2.34. The van der Waals surface area contributed by atoms with Crippen molar-refractivity contribution in [2.24, 2.45) is 0 Å². The second-order valence-electron chi connectivity index (χ2n) is 7.55. The smallest absolute Gasteiger partial charge is 0.265 e. The topological polar surface area (TPSA) is 123 Å². The van der Waals surface area contributed by atoms with Crippen molar-refractivity contribution in [3.63, 3.8) is 0 Å². The van der Waals surface area contributed by atoms with Crippen LogP contribution in [-0.4, -0.2) is 45.6 Å². The molecule has 0 spiro atoms. The predicted molar refractivity (Wildman–Crippen MR) is 119 cm³/mol. The van der Waals surface area contributed by atoms with Crippen LogP contribution >= 0.6 is 11.6 Å². The molecule has 0 saturated carbocycles. The van der Waals surface area contributed by atoms with Crippen molar-refractivity contribution in [1.82, 2.24) is 4.72 Å². The van der Waals surface area contributed by atoms with Gasteiger partial charge in [-0.05, 0) is 56.2 Å². The maximum Gasteiger partial charge on any atom is 0.265 e. The first-order valence-electron chi connectivity index (χ1n) is 10.1. The van der Waals surface area contributed by atoms with Crippen molar-refractivity contribution in [2.45, 2.75) is 36.9 Å². The number of carbonyl (C=O) groups is 2. The molecule has 1 fully saturated rings.